The normalized spacial score (nSPS) is 17.7. The first-order valence-electron chi connectivity index (χ1n) is 22.6. The molecule has 0 aromatic heterocycles. The molecule has 2 aliphatic rings. The zero-order valence-corrected chi connectivity index (χ0v) is 35.5. The van der Waals surface area contributed by atoms with Crippen LogP contribution in [0.4, 0.5) is 0 Å². The van der Waals surface area contributed by atoms with Gasteiger partial charge in [0.1, 0.15) is 23.0 Å². The van der Waals surface area contributed by atoms with Gasteiger partial charge >= 0.3 is 0 Å². The Morgan fingerprint density at radius 1 is 0.400 bits per heavy atom. The quantitative estimate of drug-likeness (QED) is 0.0721. The fourth-order valence-corrected chi connectivity index (χ4v) is 8.83. The van der Waals surface area contributed by atoms with Crippen LogP contribution in [-0.2, 0) is 11.2 Å². The van der Waals surface area contributed by atoms with E-state index in [1.165, 1.54) is 64.2 Å². The van der Waals surface area contributed by atoms with Gasteiger partial charge in [-0.15, -0.1) is 0 Å². The lowest BCUT2D eigenvalue weighted by atomic mass is 9.81. The van der Waals surface area contributed by atoms with Crippen LogP contribution >= 0.6 is 0 Å². The Labute approximate surface area is 357 Å². The first kappa shape index (κ1) is 41.0. The van der Waals surface area contributed by atoms with Crippen LogP contribution in [0.5, 0.6) is 23.0 Å². The van der Waals surface area contributed by atoms with Crippen LogP contribution in [-0.4, -0.2) is 13.2 Å². The maximum atomic E-state index is 7.22. The third-order valence-electron chi connectivity index (χ3n) is 12.2. The first-order chi connectivity index (χ1) is 29.6. The summed E-state index contributed by atoms with van der Waals surface area (Å²) in [6.45, 7) is 5.99. The van der Waals surface area contributed by atoms with Gasteiger partial charge in [-0.1, -0.05) is 175 Å². The van der Waals surface area contributed by atoms with Crippen molar-refractivity contribution in [1.29, 1.82) is 0 Å². The molecule has 0 aliphatic carbocycles. The third-order valence-corrected chi connectivity index (χ3v) is 12.2. The summed E-state index contributed by atoms with van der Waals surface area (Å²) < 4.78 is 26.8. The number of hydrogen-bond donors (Lipinski definition) is 0. The molecule has 2 unspecified atom stereocenters. The highest BCUT2D eigenvalue weighted by Gasteiger charge is 2.40. The SMILES string of the molecule is CCCCCCCCOc1ccc(C2(c3ccccc3)C=Cc3c(ccc4ccc5c(c34)C=CC(c3ccccc3)(c3ccc(OCCCCCCCC)cc3)O5)O2)cc1. The molecule has 308 valence electrons. The van der Waals surface area contributed by atoms with Gasteiger partial charge in [-0.25, -0.2) is 0 Å². The maximum absolute atomic E-state index is 7.22. The van der Waals surface area contributed by atoms with Gasteiger partial charge in [0.15, 0.2) is 11.2 Å². The summed E-state index contributed by atoms with van der Waals surface area (Å²) in [5.41, 5.74) is 4.70. The molecule has 2 aliphatic heterocycles. The van der Waals surface area contributed by atoms with Crippen LogP contribution in [0.2, 0.25) is 0 Å². The van der Waals surface area contributed by atoms with Crippen molar-refractivity contribution in [3.63, 3.8) is 0 Å². The molecule has 6 aromatic rings. The topological polar surface area (TPSA) is 36.9 Å². The van der Waals surface area contributed by atoms with Crippen LogP contribution in [0.3, 0.4) is 0 Å². The second kappa shape index (κ2) is 19.5. The van der Waals surface area contributed by atoms with Gasteiger partial charge in [0.05, 0.1) is 13.2 Å². The van der Waals surface area contributed by atoms with E-state index in [4.69, 9.17) is 18.9 Å². The van der Waals surface area contributed by atoms with E-state index >= 15 is 0 Å². The highest BCUT2D eigenvalue weighted by atomic mass is 16.5. The minimum atomic E-state index is -0.812. The highest BCUT2D eigenvalue weighted by molar-refractivity contribution is 6.02. The molecule has 0 saturated heterocycles. The summed E-state index contributed by atoms with van der Waals surface area (Å²) in [5, 5.41) is 2.24. The number of hydrogen-bond acceptors (Lipinski definition) is 4. The van der Waals surface area contributed by atoms with Crippen molar-refractivity contribution in [3.05, 3.63) is 179 Å². The minimum absolute atomic E-state index is 0.738. The lowest BCUT2D eigenvalue weighted by Crippen LogP contribution is -2.34. The summed E-state index contributed by atoms with van der Waals surface area (Å²) in [6, 6.07) is 46.5. The second-order valence-electron chi connectivity index (χ2n) is 16.4. The zero-order valence-electron chi connectivity index (χ0n) is 35.5. The van der Waals surface area contributed by atoms with E-state index in [1.54, 1.807) is 0 Å². The predicted molar refractivity (Wildman–Crippen MR) is 248 cm³/mol. The Hall–Kier alpha value is -5.74. The van der Waals surface area contributed by atoms with Gasteiger partial charge in [0.25, 0.3) is 0 Å². The van der Waals surface area contributed by atoms with Gasteiger partial charge in [-0.2, -0.15) is 0 Å². The number of fused-ring (bicyclic) bond motifs is 5. The van der Waals surface area contributed by atoms with E-state index in [1.807, 2.05) is 0 Å². The molecule has 0 spiro atoms. The molecule has 4 heteroatoms. The molecule has 0 bridgehead atoms. The monoisotopic (exact) mass is 796 g/mol. The Bertz CT molecular complexity index is 2180. The first-order valence-corrected chi connectivity index (χ1v) is 22.6. The van der Waals surface area contributed by atoms with Crippen molar-refractivity contribution in [2.24, 2.45) is 0 Å². The average molecular weight is 797 g/mol. The standard InChI is InChI=1S/C56H60O4/c1-3-5-7-9-11-19-41-57-48-31-27-46(28-32-48)55(44-21-15-13-16-22-44)39-37-50-52(59-55)35-25-43-26-36-53-51(54(43)50)38-40-56(60-53,45-23-17-14-18-24-45)47-29-33-49(34-30-47)58-42-20-12-10-8-6-4-2/h13-18,21-40H,3-12,19-20,41-42H2,1-2H3. The van der Waals surface area contributed by atoms with Crippen LogP contribution in [0.25, 0.3) is 22.9 Å². The zero-order chi connectivity index (χ0) is 41.0. The van der Waals surface area contributed by atoms with E-state index in [2.05, 4.69) is 172 Å². The minimum Gasteiger partial charge on any atom is -0.494 e. The summed E-state index contributed by atoms with van der Waals surface area (Å²) in [4.78, 5) is 0. The largest absolute Gasteiger partial charge is 0.494 e. The average Bonchev–Trinajstić information content (AvgIpc) is 3.31. The summed E-state index contributed by atoms with van der Waals surface area (Å²) in [7, 11) is 0. The van der Waals surface area contributed by atoms with E-state index in [0.717, 1.165) is 93.2 Å². The molecule has 2 atom stereocenters. The Morgan fingerprint density at radius 3 is 1.20 bits per heavy atom. The fourth-order valence-electron chi connectivity index (χ4n) is 8.83. The summed E-state index contributed by atoms with van der Waals surface area (Å²) in [5.74, 6) is 3.44. The molecular formula is C56H60O4. The Morgan fingerprint density at radius 2 is 0.783 bits per heavy atom. The smallest absolute Gasteiger partial charge is 0.178 e. The number of rotatable bonds is 20. The maximum Gasteiger partial charge on any atom is 0.178 e. The van der Waals surface area contributed by atoms with Gasteiger partial charge in [0, 0.05) is 38.8 Å². The van der Waals surface area contributed by atoms with Gasteiger partial charge in [-0.05, 0) is 78.9 Å². The molecular weight excluding hydrogens is 737 g/mol. The van der Waals surface area contributed by atoms with E-state index < -0.39 is 11.2 Å². The molecule has 0 saturated carbocycles. The van der Waals surface area contributed by atoms with E-state index in [-0.39, 0.29) is 0 Å². The van der Waals surface area contributed by atoms with Crippen molar-refractivity contribution in [2.45, 2.75) is 102 Å². The molecule has 0 amide bonds. The summed E-state index contributed by atoms with van der Waals surface area (Å²) in [6.07, 6.45) is 23.9. The summed E-state index contributed by atoms with van der Waals surface area (Å²) >= 11 is 0. The van der Waals surface area contributed by atoms with Crippen LogP contribution < -0.4 is 18.9 Å². The lowest BCUT2D eigenvalue weighted by Gasteiger charge is -2.38. The van der Waals surface area contributed by atoms with Crippen molar-refractivity contribution >= 4 is 22.9 Å². The molecule has 60 heavy (non-hydrogen) atoms. The molecule has 0 fully saturated rings. The molecule has 0 radical (unpaired) electrons. The van der Waals surface area contributed by atoms with Crippen molar-refractivity contribution < 1.29 is 18.9 Å². The van der Waals surface area contributed by atoms with Crippen molar-refractivity contribution in [2.75, 3.05) is 13.2 Å². The molecule has 0 N–H and O–H groups in total. The van der Waals surface area contributed by atoms with Gasteiger partial charge < -0.3 is 18.9 Å². The number of benzene rings is 6. The fraction of sp³-hybridized carbons (Fsp3) is 0.321. The van der Waals surface area contributed by atoms with Crippen molar-refractivity contribution in [3.8, 4) is 23.0 Å². The molecule has 8 rings (SSSR count). The Balaban J connectivity index is 1.07. The highest BCUT2D eigenvalue weighted by Crippen LogP contribution is 2.49. The second-order valence-corrected chi connectivity index (χ2v) is 16.4. The number of unbranched alkanes of at least 4 members (excludes halogenated alkanes) is 10. The van der Waals surface area contributed by atoms with Crippen LogP contribution in [0, 0.1) is 0 Å². The van der Waals surface area contributed by atoms with Gasteiger partial charge in [0.2, 0.25) is 0 Å². The predicted octanol–water partition coefficient (Wildman–Crippen LogP) is 15.0. The van der Waals surface area contributed by atoms with Crippen LogP contribution in [0.15, 0.2) is 146 Å². The molecule has 6 aromatic carbocycles. The Kier molecular flexibility index (Phi) is 13.4. The number of ether oxygens (including phenoxy) is 4. The van der Waals surface area contributed by atoms with E-state index in [0.29, 0.717) is 0 Å². The molecule has 4 nitrogen and oxygen atoms in total. The van der Waals surface area contributed by atoms with E-state index in [9.17, 15) is 0 Å². The van der Waals surface area contributed by atoms with Crippen molar-refractivity contribution in [1.82, 2.24) is 0 Å². The van der Waals surface area contributed by atoms with Gasteiger partial charge in [-0.3, -0.25) is 0 Å². The molecule has 2 heterocycles. The third kappa shape index (κ3) is 8.89. The lowest BCUT2D eigenvalue weighted by molar-refractivity contribution is 0.160. The van der Waals surface area contributed by atoms with Crippen LogP contribution in [0.1, 0.15) is 124 Å².